The average molecular weight is 544 g/mol. The number of carbonyl (C=O) groups excluding carboxylic acids is 3. The molecule has 0 radical (unpaired) electrons. The molecule has 10 heteroatoms. The van der Waals surface area contributed by atoms with Gasteiger partial charge in [0.1, 0.15) is 5.75 Å². The van der Waals surface area contributed by atoms with Gasteiger partial charge in [-0.2, -0.15) is 0 Å². The first-order valence-electron chi connectivity index (χ1n) is 13.5. The number of Topliss-reactive ketones (excluding diaryl/α,β-unsaturated/α-hetero) is 1. The van der Waals surface area contributed by atoms with Crippen molar-refractivity contribution in [3.05, 3.63) is 64.7 Å². The maximum Gasteiger partial charge on any atom is 0.323 e. The topological polar surface area (TPSA) is 124 Å². The molecule has 208 valence electrons. The van der Waals surface area contributed by atoms with Gasteiger partial charge in [0.2, 0.25) is 0 Å². The molecule has 3 N–H and O–H groups in total. The molecule has 0 spiro atoms. The highest BCUT2D eigenvalue weighted by atomic mass is 16.5. The first-order valence-corrected chi connectivity index (χ1v) is 13.5. The first kappa shape index (κ1) is 27.2. The Labute approximate surface area is 233 Å². The number of rotatable bonds is 5. The molecule has 0 bridgehead atoms. The van der Waals surface area contributed by atoms with Crippen LogP contribution < -0.4 is 15.4 Å². The molecular formula is C30H33N5O5. The van der Waals surface area contributed by atoms with Crippen LogP contribution in [0.5, 0.6) is 5.75 Å². The second kappa shape index (κ2) is 11.4. The van der Waals surface area contributed by atoms with E-state index in [0.29, 0.717) is 35.6 Å². The van der Waals surface area contributed by atoms with Crippen molar-refractivity contribution in [2.24, 2.45) is 11.1 Å². The van der Waals surface area contributed by atoms with Gasteiger partial charge in [-0.15, -0.1) is 0 Å². The Kier molecular flexibility index (Phi) is 7.76. The molecule has 2 aromatic rings. The average Bonchev–Trinajstić information content (AvgIpc) is 3.26. The lowest BCUT2D eigenvalue weighted by Crippen LogP contribution is -2.48. The van der Waals surface area contributed by atoms with Gasteiger partial charge in [-0.25, -0.2) is 4.79 Å². The van der Waals surface area contributed by atoms with Gasteiger partial charge in [0.15, 0.2) is 17.2 Å². The van der Waals surface area contributed by atoms with Gasteiger partial charge in [0, 0.05) is 55.2 Å². The number of ether oxygens (including phenoxy) is 1. The van der Waals surface area contributed by atoms with Gasteiger partial charge >= 0.3 is 6.03 Å². The number of amides is 3. The molecule has 5 rings (SSSR count). The predicted molar refractivity (Wildman–Crippen MR) is 148 cm³/mol. The Morgan fingerprint density at radius 2 is 1.88 bits per heavy atom. The van der Waals surface area contributed by atoms with Crippen molar-refractivity contribution in [1.82, 2.24) is 20.4 Å². The number of carbonyl (C=O) groups is 3. The van der Waals surface area contributed by atoms with E-state index in [1.807, 2.05) is 18.2 Å². The van der Waals surface area contributed by atoms with E-state index < -0.39 is 23.4 Å². The molecule has 0 saturated carbocycles. The van der Waals surface area contributed by atoms with Crippen molar-refractivity contribution in [1.29, 1.82) is 0 Å². The summed E-state index contributed by atoms with van der Waals surface area (Å²) in [6.07, 6.45) is 1.27. The Balaban J connectivity index is 1.34. The van der Waals surface area contributed by atoms with E-state index in [-0.39, 0.29) is 12.2 Å². The normalized spacial score (nSPS) is 23.1. The maximum absolute atomic E-state index is 13.3. The SMILES string of the molecule is CCN1CCN(/C(=N/O)c2ccc(C#C[C@]3(CC4CCc5cc(OC)ccc5C4=O)NC(=O)NC3=O)cc2)CC1. The molecule has 40 heavy (non-hydrogen) atoms. The smallest absolute Gasteiger partial charge is 0.323 e. The number of nitrogens with one attached hydrogen (secondary N) is 2. The third-order valence-electron chi connectivity index (χ3n) is 7.98. The molecule has 3 amide bonds. The minimum atomic E-state index is -1.52. The number of oxime groups is 1. The lowest BCUT2D eigenvalue weighted by Gasteiger charge is -2.35. The zero-order valence-electron chi connectivity index (χ0n) is 22.7. The van der Waals surface area contributed by atoms with Crippen LogP contribution in [0.2, 0.25) is 0 Å². The summed E-state index contributed by atoms with van der Waals surface area (Å²) in [7, 11) is 1.58. The number of methoxy groups -OCH3 is 1. The monoisotopic (exact) mass is 543 g/mol. The van der Waals surface area contributed by atoms with E-state index >= 15 is 0 Å². The van der Waals surface area contributed by atoms with Crippen LogP contribution in [0.4, 0.5) is 4.79 Å². The summed E-state index contributed by atoms with van der Waals surface area (Å²) in [4.78, 5) is 42.8. The summed E-state index contributed by atoms with van der Waals surface area (Å²) in [5.41, 5.74) is 1.38. The third kappa shape index (κ3) is 5.38. The number of nitrogens with zero attached hydrogens (tertiary/aromatic N) is 3. The van der Waals surface area contributed by atoms with Crippen LogP contribution >= 0.6 is 0 Å². The summed E-state index contributed by atoms with van der Waals surface area (Å²) in [5.74, 6) is 6.09. The van der Waals surface area contributed by atoms with E-state index in [4.69, 9.17) is 4.74 Å². The number of hydrogen-bond acceptors (Lipinski definition) is 7. The number of likely N-dealkylation sites (N-methyl/N-ethyl adjacent to an activating group) is 1. The molecule has 2 aliphatic heterocycles. The quantitative estimate of drug-likeness (QED) is 0.132. The number of urea groups is 1. The fraction of sp³-hybridized carbons (Fsp3) is 0.400. The standard InChI is InChI=1S/C30H33N5O5/c1-3-34-14-16-35(17-15-34)27(33-39)21-6-4-20(5-7-21)12-13-30(28(37)31-29(38)32-30)19-23-9-8-22-18-24(40-2)10-11-25(22)26(23)36/h4-7,10-11,18,23,39H,3,8-9,14-17,19H2,1-2H3,(H2,31,32,37,38)/b33-27+/t23?,30-/m1/s1. The third-order valence-corrected chi connectivity index (χ3v) is 7.98. The summed E-state index contributed by atoms with van der Waals surface area (Å²) in [5, 5.41) is 18.2. The van der Waals surface area contributed by atoms with E-state index in [0.717, 1.165) is 43.9 Å². The summed E-state index contributed by atoms with van der Waals surface area (Å²) < 4.78 is 5.28. The Hall–Kier alpha value is -4.36. The summed E-state index contributed by atoms with van der Waals surface area (Å²) >= 11 is 0. The van der Waals surface area contributed by atoms with Crippen LogP contribution in [0.15, 0.2) is 47.6 Å². The number of fused-ring (bicyclic) bond motifs is 1. The first-order chi connectivity index (χ1) is 19.4. The number of aryl methyl sites for hydroxylation is 1. The van der Waals surface area contributed by atoms with Gasteiger partial charge in [-0.1, -0.05) is 23.9 Å². The van der Waals surface area contributed by atoms with Crippen LogP contribution in [0.25, 0.3) is 0 Å². The summed E-state index contributed by atoms with van der Waals surface area (Å²) in [6, 6.07) is 12.0. The second-order valence-corrected chi connectivity index (χ2v) is 10.3. The van der Waals surface area contributed by atoms with Gasteiger partial charge < -0.3 is 25.1 Å². The van der Waals surface area contributed by atoms with Gasteiger partial charge in [0.25, 0.3) is 5.91 Å². The highest BCUT2D eigenvalue weighted by Crippen LogP contribution is 2.33. The number of benzene rings is 2. The molecule has 1 aliphatic carbocycles. The van der Waals surface area contributed by atoms with E-state index in [1.54, 1.807) is 31.4 Å². The van der Waals surface area contributed by atoms with Crippen LogP contribution in [-0.2, 0) is 11.2 Å². The molecule has 2 heterocycles. The number of amidine groups is 1. The van der Waals surface area contributed by atoms with E-state index in [2.05, 4.69) is 44.4 Å². The van der Waals surface area contributed by atoms with Gasteiger partial charge in [-0.3, -0.25) is 14.9 Å². The van der Waals surface area contributed by atoms with Crippen LogP contribution in [-0.4, -0.2) is 83.9 Å². The Bertz CT molecular complexity index is 1400. The largest absolute Gasteiger partial charge is 0.497 e. The number of ketones is 1. The van der Waals surface area contributed by atoms with Gasteiger partial charge in [-0.05, 0) is 67.4 Å². The highest BCUT2D eigenvalue weighted by Gasteiger charge is 2.48. The van der Waals surface area contributed by atoms with Crippen LogP contribution in [0.1, 0.15) is 46.8 Å². The minimum Gasteiger partial charge on any atom is -0.497 e. The number of imide groups is 1. The van der Waals surface area contributed by atoms with Crippen molar-refractivity contribution in [3.63, 3.8) is 0 Å². The Morgan fingerprint density at radius 1 is 1.12 bits per heavy atom. The van der Waals surface area contributed by atoms with E-state index in [1.165, 1.54) is 0 Å². The molecule has 0 aromatic heterocycles. The maximum atomic E-state index is 13.3. The molecule has 3 aliphatic rings. The molecule has 2 aromatic carbocycles. The molecule has 1 unspecified atom stereocenters. The zero-order valence-corrected chi connectivity index (χ0v) is 22.7. The second-order valence-electron chi connectivity index (χ2n) is 10.3. The van der Waals surface area contributed by atoms with Crippen LogP contribution in [0.3, 0.4) is 0 Å². The van der Waals surface area contributed by atoms with Crippen molar-refractivity contribution >= 4 is 23.6 Å². The van der Waals surface area contributed by atoms with Crippen molar-refractivity contribution in [3.8, 4) is 17.6 Å². The predicted octanol–water partition coefficient (Wildman–Crippen LogP) is 2.23. The molecular weight excluding hydrogens is 510 g/mol. The molecule has 2 fully saturated rings. The highest BCUT2D eigenvalue weighted by molar-refractivity contribution is 6.10. The van der Waals surface area contributed by atoms with Crippen molar-refractivity contribution in [2.45, 2.75) is 31.7 Å². The van der Waals surface area contributed by atoms with Crippen LogP contribution in [0, 0.1) is 17.8 Å². The zero-order chi connectivity index (χ0) is 28.3. The fourth-order valence-electron chi connectivity index (χ4n) is 5.62. The summed E-state index contributed by atoms with van der Waals surface area (Å²) in [6.45, 7) is 6.46. The fourth-order valence-corrected chi connectivity index (χ4v) is 5.62. The minimum absolute atomic E-state index is 0.0704. The molecule has 10 nitrogen and oxygen atoms in total. The number of piperazine rings is 1. The lowest BCUT2D eigenvalue weighted by molar-refractivity contribution is -0.122. The lowest BCUT2D eigenvalue weighted by atomic mass is 9.76. The van der Waals surface area contributed by atoms with Crippen molar-refractivity contribution < 1.29 is 24.3 Å². The molecule has 2 saturated heterocycles. The Morgan fingerprint density at radius 3 is 2.50 bits per heavy atom. The van der Waals surface area contributed by atoms with Gasteiger partial charge in [0.05, 0.1) is 7.11 Å². The number of hydrogen-bond donors (Lipinski definition) is 3. The van der Waals surface area contributed by atoms with E-state index in [9.17, 15) is 19.6 Å². The molecule has 2 atom stereocenters. The van der Waals surface area contributed by atoms with Crippen molar-refractivity contribution in [2.75, 3.05) is 39.8 Å².